The summed E-state index contributed by atoms with van der Waals surface area (Å²) in [5.41, 5.74) is -3.85. The molecule has 1 aromatic rings. The number of aliphatic hydroxyl groups excluding tert-OH is 3. The lowest BCUT2D eigenvalue weighted by molar-refractivity contribution is -0.422. The van der Waals surface area contributed by atoms with Crippen LogP contribution < -0.4 is 0 Å². The Kier molecular flexibility index (Phi) is 22.9. The zero-order valence-corrected chi connectivity index (χ0v) is 58.3. The lowest BCUT2D eigenvalue weighted by atomic mass is 9.85. The molecule has 12 rings (SSSR count). The molecule has 33 nitrogen and oxygen atoms in total. The van der Waals surface area contributed by atoms with Crippen LogP contribution in [0.3, 0.4) is 0 Å². The van der Waals surface area contributed by atoms with E-state index in [4.69, 9.17) is 137 Å². The SMILES string of the molecule is COCC1OC(OC2OCC3OC4(OCC(O)(C(C)OC)C5OCOC54)OC3C2OC)C(OC)C(O)C1OC1OC(C)CC(OC2CC3(C)OC4(CC(O)C(OC5CC(OC6CC(C)(N([O-])O)CC(C)O6)C(OC(=O)c6cc(Cl)c(O)c(Cl)c6C)C(C)O5)C(C)O4)OC3C(C)O2)C1O. The van der Waals surface area contributed by atoms with E-state index >= 15 is 0 Å². The van der Waals surface area contributed by atoms with Crippen molar-refractivity contribution in [1.82, 2.24) is 5.23 Å². The number of nitrogens with zero attached hydrogens (tertiary/aromatic N) is 1. The second-order valence-electron chi connectivity index (χ2n) is 27.9. The molecule has 11 aliphatic rings. The van der Waals surface area contributed by atoms with Crippen molar-refractivity contribution in [2.45, 2.75) is 302 Å². The molecule has 0 aromatic heterocycles. The summed E-state index contributed by atoms with van der Waals surface area (Å²) in [5.74, 6) is -4.87. The first-order valence-corrected chi connectivity index (χ1v) is 34.0. The lowest BCUT2D eigenvalue weighted by Crippen LogP contribution is -2.69. The third-order valence-electron chi connectivity index (χ3n) is 20.8. The molecule has 11 aliphatic heterocycles. The zero-order chi connectivity index (χ0) is 70.5. The zero-order valence-electron chi connectivity index (χ0n) is 56.8. The quantitative estimate of drug-likeness (QED) is 0.0855. The Hall–Kier alpha value is -2.13. The number of aromatic hydroxyl groups is 1. The summed E-state index contributed by atoms with van der Waals surface area (Å²) in [4.78, 5) is 13.9. The van der Waals surface area contributed by atoms with Crippen LogP contribution in [0.15, 0.2) is 6.07 Å². The second-order valence-corrected chi connectivity index (χ2v) is 28.7. The molecule has 11 fully saturated rings. The largest absolute Gasteiger partial charge is 0.762 e. The van der Waals surface area contributed by atoms with E-state index in [9.17, 15) is 40.7 Å². The Morgan fingerprint density at radius 2 is 1.43 bits per heavy atom. The van der Waals surface area contributed by atoms with Gasteiger partial charge in [0.25, 0.3) is 5.97 Å². The predicted octanol–water partition coefficient (Wildman–Crippen LogP) is 2.42. The summed E-state index contributed by atoms with van der Waals surface area (Å²) < 4.78 is 150. The minimum atomic E-state index is -1.81. The van der Waals surface area contributed by atoms with Crippen LogP contribution in [-0.2, 0) is 114 Å². The molecule has 0 bridgehead atoms. The van der Waals surface area contributed by atoms with Crippen molar-refractivity contribution in [1.29, 1.82) is 0 Å². The lowest BCUT2D eigenvalue weighted by Gasteiger charge is -2.50. The second kappa shape index (κ2) is 29.7. The summed E-state index contributed by atoms with van der Waals surface area (Å²) >= 11 is 12.5. The van der Waals surface area contributed by atoms with E-state index in [1.165, 1.54) is 41.4 Å². The maximum absolute atomic E-state index is 13.9. The number of carbonyl (C=O) groups is 1. The molecule has 11 saturated heterocycles. The van der Waals surface area contributed by atoms with Crippen LogP contribution >= 0.6 is 23.2 Å². The maximum Gasteiger partial charge on any atom is 0.338 e. The third kappa shape index (κ3) is 14.4. The molecule has 35 heteroatoms. The summed E-state index contributed by atoms with van der Waals surface area (Å²) in [6.07, 6.45) is -28.7. The number of aliphatic hydroxyl groups is 4. The fourth-order valence-corrected chi connectivity index (χ4v) is 16.1. The van der Waals surface area contributed by atoms with Crippen molar-refractivity contribution in [2.75, 3.05) is 55.1 Å². The molecule has 0 aliphatic carbocycles. The maximum atomic E-state index is 13.9. The number of fused-ring (bicyclic) bond motifs is 4. The normalized spacial score (nSPS) is 49.2. The number of carbonyl (C=O) groups excluding carboxylic acids is 1. The van der Waals surface area contributed by atoms with Crippen molar-refractivity contribution < 1.29 is 149 Å². The third-order valence-corrected chi connectivity index (χ3v) is 21.6. The van der Waals surface area contributed by atoms with Gasteiger partial charge in [0.1, 0.15) is 91.2 Å². The molecular weight excluding hydrogens is 1350 g/mol. The number of phenols is 1. The number of hydroxylamine groups is 2. The highest BCUT2D eigenvalue weighted by Crippen LogP contribution is 2.53. The Morgan fingerprint density at radius 3 is 2.13 bits per heavy atom. The minimum Gasteiger partial charge on any atom is -0.762 e. The molecule has 98 heavy (non-hydrogen) atoms. The Balaban J connectivity index is 0.666. The van der Waals surface area contributed by atoms with Gasteiger partial charge in [0.2, 0.25) is 0 Å². The average Bonchev–Trinajstić information content (AvgIpc) is 1.54. The number of phenolic OH excluding ortho intramolecular Hbond substituents is 1. The van der Waals surface area contributed by atoms with E-state index in [0.29, 0.717) is 0 Å². The Labute approximate surface area is 576 Å². The molecule has 0 radical (unpaired) electrons. The molecule has 0 saturated carbocycles. The van der Waals surface area contributed by atoms with E-state index in [2.05, 4.69) is 0 Å². The molecule has 33 unspecified atom stereocenters. The molecule has 1 aromatic carbocycles. The van der Waals surface area contributed by atoms with Gasteiger partial charge in [-0.05, 0) is 80.4 Å². The highest BCUT2D eigenvalue weighted by Gasteiger charge is 2.71. The van der Waals surface area contributed by atoms with Gasteiger partial charge in [0.05, 0.1) is 90.7 Å². The van der Waals surface area contributed by atoms with E-state index < -0.39 is 212 Å². The molecule has 33 atom stereocenters. The predicted molar refractivity (Wildman–Crippen MR) is 325 cm³/mol. The topological polar surface area (TPSA) is 386 Å². The first kappa shape index (κ1) is 75.5. The monoisotopic (exact) mass is 1450 g/mol. The van der Waals surface area contributed by atoms with Crippen LogP contribution in [0.2, 0.25) is 10.0 Å². The number of ether oxygens (including phenoxy) is 24. The van der Waals surface area contributed by atoms with Crippen LogP contribution in [0.4, 0.5) is 0 Å². The highest BCUT2D eigenvalue weighted by atomic mass is 35.5. The number of hydrogen-bond acceptors (Lipinski definition) is 33. The number of benzene rings is 1. The van der Waals surface area contributed by atoms with Gasteiger partial charge in [-0.3, -0.25) is 5.23 Å². The van der Waals surface area contributed by atoms with Crippen molar-refractivity contribution in [3.05, 3.63) is 32.4 Å². The minimum absolute atomic E-state index is 0.0255. The molecule has 6 N–H and O–H groups in total. The molecule has 558 valence electrons. The molecule has 0 amide bonds. The van der Waals surface area contributed by atoms with Crippen LogP contribution in [0, 0.1) is 12.1 Å². The van der Waals surface area contributed by atoms with Gasteiger partial charge in [-0.15, -0.1) is 0 Å². The molecule has 2 spiro atoms. The van der Waals surface area contributed by atoms with Crippen molar-refractivity contribution in [3.63, 3.8) is 0 Å². The van der Waals surface area contributed by atoms with Gasteiger partial charge < -0.3 is 150 Å². The van der Waals surface area contributed by atoms with Crippen molar-refractivity contribution in [3.8, 4) is 5.75 Å². The fourth-order valence-electron chi connectivity index (χ4n) is 15.6. The van der Waals surface area contributed by atoms with E-state index in [1.807, 2.05) is 6.92 Å². The Bertz CT molecular complexity index is 2900. The van der Waals surface area contributed by atoms with Crippen LogP contribution in [0.25, 0.3) is 0 Å². The van der Waals surface area contributed by atoms with Gasteiger partial charge in [0, 0.05) is 59.7 Å². The summed E-state index contributed by atoms with van der Waals surface area (Å²) in [5, 5.41) is 80.4. The van der Waals surface area contributed by atoms with Gasteiger partial charge >= 0.3 is 11.9 Å². The number of halogens is 2. The fraction of sp³-hybridized carbons (Fsp3) is 0.889. The van der Waals surface area contributed by atoms with Gasteiger partial charge in [-0.25, -0.2) is 4.79 Å². The van der Waals surface area contributed by atoms with E-state index in [1.54, 1.807) is 48.5 Å². The van der Waals surface area contributed by atoms with Crippen molar-refractivity contribution >= 4 is 29.2 Å². The molecule has 11 heterocycles. The van der Waals surface area contributed by atoms with Crippen molar-refractivity contribution in [2.24, 2.45) is 0 Å². The number of methoxy groups -OCH3 is 4. The number of hydrogen-bond donors (Lipinski definition) is 6. The van der Waals surface area contributed by atoms with E-state index in [-0.39, 0.29) is 91.5 Å². The number of esters is 1. The van der Waals surface area contributed by atoms with Crippen LogP contribution in [0.5, 0.6) is 5.75 Å². The smallest absolute Gasteiger partial charge is 0.338 e. The summed E-state index contributed by atoms with van der Waals surface area (Å²) in [6.45, 7) is 14.6. The highest BCUT2D eigenvalue weighted by molar-refractivity contribution is 6.38. The number of rotatable bonds is 19. The standard InChI is InChI=1S/C63H94Cl2NO32/c1-25-14-35(44(69)56(84-25)92-48-37(21-75-10)89-58(50(77-12)45(48)70)93-57-51(78-13)49-38(22-79-57)95-63(96-49)54-53(80-24-81-54)61(72,23-82-63)31(7)76-11)87-41-20-60(9)52(30(6)86-41)97-62(98-60)18-34(67)46(29(5)94-62)90-39-16-36(88-40-19-59(8,66(73)74)17-26(2)83-40)47(28(4)85-39)91-55(71)32-15-33(64)43(68)42(65)27(32)3/h15,25-26,28-31,34-41,44-54,56-58,67-70,72-73H,14,16-24H2,1-13H3/q-1. The van der Waals surface area contributed by atoms with E-state index in [0.717, 1.165) is 0 Å². The summed E-state index contributed by atoms with van der Waals surface area (Å²) in [7, 11) is 5.69. The average molecular weight is 1450 g/mol. The Morgan fingerprint density at radius 1 is 0.714 bits per heavy atom. The van der Waals surface area contributed by atoms with Gasteiger partial charge in [-0.1, -0.05) is 23.2 Å². The van der Waals surface area contributed by atoms with Gasteiger partial charge in [-0.2, -0.15) is 0 Å². The van der Waals surface area contributed by atoms with Gasteiger partial charge in [0.15, 0.2) is 55.7 Å². The molecular formula is C63H94Cl2NO32-. The van der Waals surface area contributed by atoms with Crippen LogP contribution in [-0.4, -0.2) is 298 Å². The first-order valence-electron chi connectivity index (χ1n) is 33.2. The van der Waals surface area contributed by atoms with Crippen LogP contribution in [0.1, 0.15) is 110 Å². The first-order chi connectivity index (χ1) is 46.4. The summed E-state index contributed by atoms with van der Waals surface area (Å²) in [6, 6.07) is 1.23.